The fraction of sp³-hybridized carbons (Fsp3) is 0.600. The van der Waals surface area contributed by atoms with E-state index < -0.39 is 11.9 Å². The number of allylic oxidation sites excluding steroid dienone is 1. The fourth-order valence-electron chi connectivity index (χ4n) is 1.95. The van der Waals surface area contributed by atoms with Crippen molar-refractivity contribution in [3.05, 3.63) is 12.2 Å². The minimum atomic E-state index is -0.883. The maximum Gasteiger partial charge on any atom is 0.307 e. The maximum absolute atomic E-state index is 11.3. The topological polar surface area (TPSA) is 54.4 Å². The molecule has 0 amide bonds. The Kier molecular flexibility index (Phi) is 2.55. The summed E-state index contributed by atoms with van der Waals surface area (Å²) >= 11 is 0. The molecule has 3 atom stereocenters. The summed E-state index contributed by atoms with van der Waals surface area (Å²) in [7, 11) is 0. The van der Waals surface area contributed by atoms with Gasteiger partial charge in [0.05, 0.1) is 5.92 Å². The van der Waals surface area contributed by atoms with Gasteiger partial charge in [-0.25, -0.2) is 0 Å². The van der Waals surface area contributed by atoms with Crippen molar-refractivity contribution < 1.29 is 14.7 Å². The molecule has 72 valence electrons. The van der Waals surface area contributed by atoms with Crippen LogP contribution in [0.5, 0.6) is 0 Å². The first-order chi connectivity index (χ1) is 5.95. The molecular formula is C10H14O3. The van der Waals surface area contributed by atoms with Crippen molar-refractivity contribution in [2.45, 2.75) is 20.3 Å². The van der Waals surface area contributed by atoms with Crippen LogP contribution in [0.3, 0.4) is 0 Å². The summed E-state index contributed by atoms with van der Waals surface area (Å²) in [5, 5.41) is 8.93. The molecule has 0 heterocycles. The SMILES string of the molecule is C=C(C)[C@@H]1CC(=O)[C@H](C)[C@H]1C(=O)O. The fourth-order valence-corrected chi connectivity index (χ4v) is 1.95. The van der Waals surface area contributed by atoms with Gasteiger partial charge < -0.3 is 5.11 Å². The van der Waals surface area contributed by atoms with E-state index >= 15 is 0 Å². The van der Waals surface area contributed by atoms with Crippen LogP contribution in [0.15, 0.2) is 12.2 Å². The second-order valence-corrected chi connectivity index (χ2v) is 3.78. The first-order valence-electron chi connectivity index (χ1n) is 4.36. The second kappa shape index (κ2) is 3.32. The molecule has 0 unspecified atom stereocenters. The highest BCUT2D eigenvalue weighted by molar-refractivity contribution is 5.90. The third-order valence-electron chi connectivity index (χ3n) is 2.82. The van der Waals surface area contributed by atoms with Crippen molar-refractivity contribution >= 4 is 11.8 Å². The number of carbonyl (C=O) groups excluding carboxylic acids is 1. The Bertz CT molecular complexity index is 267. The van der Waals surface area contributed by atoms with E-state index in [1.807, 2.05) is 0 Å². The van der Waals surface area contributed by atoms with E-state index in [2.05, 4.69) is 6.58 Å². The number of hydrogen-bond donors (Lipinski definition) is 1. The normalized spacial score (nSPS) is 33.4. The van der Waals surface area contributed by atoms with Crippen LogP contribution in [0.1, 0.15) is 20.3 Å². The van der Waals surface area contributed by atoms with Gasteiger partial charge in [-0.1, -0.05) is 19.1 Å². The van der Waals surface area contributed by atoms with Gasteiger partial charge in [-0.15, -0.1) is 0 Å². The Morgan fingerprint density at radius 3 is 2.46 bits per heavy atom. The molecule has 1 rings (SSSR count). The molecule has 0 aromatic carbocycles. The zero-order valence-electron chi connectivity index (χ0n) is 7.91. The molecule has 0 aromatic heterocycles. The van der Waals surface area contributed by atoms with Gasteiger partial charge in [0.15, 0.2) is 0 Å². The Balaban J connectivity index is 2.93. The minimum absolute atomic E-state index is 0.0420. The minimum Gasteiger partial charge on any atom is -0.481 e. The quantitative estimate of drug-likeness (QED) is 0.658. The van der Waals surface area contributed by atoms with Gasteiger partial charge in [-0.2, -0.15) is 0 Å². The molecule has 0 aliphatic heterocycles. The molecular weight excluding hydrogens is 168 g/mol. The van der Waals surface area contributed by atoms with Gasteiger partial charge in [0.25, 0.3) is 0 Å². The van der Waals surface area contributed by atoms with Gasteiger partial charge >= 0.3 is 5.97 Å². The van der Waals surface area contributed by atoms with Crippen molar-refractivity contribution in [1.82, 2.24) is 0 Å². The highest BCUT2D eigenvalue weighted by Gasteiger charge is 2.44. The molecule has 1 N–H and O–H groups in total. The van der Waals surface area contributed by atoms with Crippen LogP contribution in [0, 0.1) is 17.8 Å². The molecule has 0 aromatic rings. The smallest absolute Gasteiger partial charge is 0.307 e. The largest absolute Gasteiger partial charge is 0.481 e. The number of aliphatic carboxylic acids is 1. The van der Waals surface area contributed by atoms with Gasteiger partial charge in [0.1, 0.15) is 5.78 Å². The lowest BCUT2D eigenvalue weighted by atomic mass is 9.86. The molecule has 1 saturated carbocycles. The molecule has 0 saturated heterocycles. The summed E-state index contributed by atoms with van der Waals surface area (Å²) in [6.07, 6.45) is 0.341. The van der Waals surface area contributed by atoms with Crippen molar-refractivity contribution in [3.63, 3.8) is 0 Å². The molecule has 0 radical (unpaired) electrons. The molecule has 3 heteroatoms. The molecule has 1 aliphatic rings. The molecule has 1 fully saturated rings. The number of carbonyl (C=O) groups is 2. The predicted molar refractivity (Wildman–Crippen MR) is 48.2 cm³/mol. The average molecular weight is 182 g/mol. The third kappa shape index (κ3) is 1.64. The molecule has 1 aliphatic carbocycles. The van der Waals surface area contributed by atoms with Gasteiger partial charge in [0, 0.05) is 18.3 Å². The van der Waals surface area contributed by atoms with E-state index in [4.69, 9.17) is 5.11 Å². The summed E-state index contributed by atoms with van der Waals surface area (Å²) in [6.45, 7) is 7.19. The monoisotopic (exact) mass is 182 g/mol. The van der Waals surface area contributed by atoms with Crippen LogP contribution in [0.25, 0.3) is 0 Å². The van der Waals surface area contributed by atoms with E-state index in [1.54, 1.807) is 13.8 Å². The summed E-state index contributed by atoms with van der Waals surface area (Å²) in [5.74, 6) is -1.93. The van der Waals surface area contributed by atoms with Crippen LogP contribution >= 0.6 is 0 Å². The second-order valence-electron chi connectivity index (χ2n) is 3.78. The lowest BCUT2D eigenvalue weighted by Gasteiger charge is -2.16. The number of carboxylic acids is 1. The third-order valence-corrected chi connectivity index (χ3v) is 2.82. The molecule has 0 spiro atoms. The Hall–Kier alpha value is -1.12. The molecule has 3 nitrogen and oxygen atoms in total. The lowest BCUT2D eigenvalue weighted by molar-refractivity contribution is -0.144. The first kappa shape index (κ1) is 9.96. The Labute approximate surface area is 77.4 Å². The van der Waals surface area contributed by atoms with Crippen LogP contribution in [-0.4, -0.2) is 16.9 Å². The van der Waals surface area contributed by atoms with Crippen molar-refractivity contribution in [1.29, 1.82) is 0 Å². The summed E-state index contributed by atoms with van der Waals surface area (Å²) in [6, 6.07) is 0. The van der Waals surface area contributed by atoms with Crippen LogP contribution < -0.4 is 0 Å². The first-order valence-corrected chi connectivity index (χ1v) is 4.36. The van der Waals surface area contributed by atoms with E-state index in [-0.39, 0.29) is 17.6 Å². The summed E-state index contributed by atoms with van der Waals surface area (Å²) in [4.78, 5) is 22.2. The number of rotatable bonds is 2. The maximum atomic E-state index is 11.3. The van der Waals surface area contributed by atoms with Crippen LogP contribution in [-0.2, 0) is 9.59 Å². The number of ketones is 1. The standard InChI is InChI=1S/C10H14O3/c1-5(2)7-4-8(11)6(3)9(7)10(12)13/h6-7,9H,1,4H2,2-3H3,(H,12,13)/t6-,7-,9+/m0/s1. The zero-order chi connectivity index (χ0) is 10.2. The number of carboxylic acid groups (broad SMARTS) is 1. The Morgan fingerprint density at radius 2 is 2.15 bits per heavy atom. The van der Waals surface area contributed by atoms with Gasteiger partial charge in [-0.3, -0.25) is 9.59 Å². The number of Topliss-reactive ketones (excluding diaryl/α,β-unsaturated/α-hetero) is 1. The van der Waals surface area contributed by atoms with E-state index in [1.165, 1.54) is 0 Å². The highest BCUT2D eigenvalue weighted by Crippen LogP contribution is 2.38. The number of hydrogen-bond acceptors (Lipinski definition) is 2. The van der Waals surface area contributed by atoms with Crippen molar-refractivity contribution in [2.75, 3.05) is 0 Å². The molecule has 13 heavy (non-hydrogen) atoms. The van der Waals surface area contributed by atoms with E-state index in [0.717, 1.165) is 5.57 Å². The van der Waals surface area contributed by atoms with E-state index in [9.17, 15) is 9.59 Å². The Morgan fingerprint density at radius 1 is 1.62 bits per heavy atom. The predicted octanol–water partition coefficient (Wildman–Crippen LogP) is 1.49. The summed E-state index contributed by atoms with van der Waals surface area (Å²) < 4.78 is 0. The highest BCUT2D eigenvalue weighted by atomic mass is 16.4. The zero-order valence-corrected chi connectivity index (χ0v) is 7.91. The van der Waals surface area contributed by atoms with Crippen LogP contribution in [0.2, 0.25) is 0 Å². The average Bonchev–Trinajstić information content (AvgIpc) is 2.28. The lowest BCUT2D eigenvalue weighted by Crippen LogP contribution is -2.24. The van der Waals surface area contributed by atoms with Crippen molar-refractivity contribution in [2.24, 2.45) is 17.8 Å². The van der Waals surface area contributed by atoms with Gasteiger partial charge in [-0.05, 0) is 6.92 Å². The van der Waals surface area contributed by atoms with Crippen molar-refractivity contribution in [3.8, 4) is 0 Å². The van der Waals surface area contributed by atoms with E-state index in [0.29, 0.717) is 6.42 Å². The summed E-state index contributed by atoms with van der Waals surface area (Å²) in [5.41, 5.74) is 0.796. The van der Waals surface area contributed by atoms with Gasteiger partial charge in [0.2, 0.25) is 0 Å². The molecule has 0 bridgehead atoms. The van der Waals surface area contributed by atoms with Crippen LogP contribution in [0.4, 0.5) is 0 Å².